The number of rotatable bonds is 4. The molecule has 7 heteroatoms. The van der Waals surface area contributed by atoms with Crippen LogP contribution in [-0.4, -0.2) is 17.1 Å². The predicted molar refractivity (Wildman–Crippen MR) is 84.3 cm³/mol. The van der Waals surface area contributed by atoms with E-state index >= 15 is 0 Å². The number of thioether (sulfide) groups is 1. The van der Waals surface area contributed by atoms with Gasteiger partial charge in [0.15, 0.2) is 0 Å². The molecule has 2 aromatic rings. The molecule has 0 bridgehead atoms. The molecule has 0 unspecified atom stereocenters. The number of hydrogen-bond acceptors (Lipinski definition) is 4. The summed E-state index contributed by atoms with van der Waals surface area (Å²) in [7, 11) is 0. The average molecular weight is 323 g/mol. The van der Waals surface area contributed by atoms with E-state index in [9.17, 15) is 14.9 Å². The minimum atomic E-state index is -0.559. The number of benzene rings is 2. The molecule has 0 aliphatic rings. The summed E-state index contributed by atoms with van der Waals surface area (Å²) in [6.45, 7) is 0. The third-order valence-electron chi connectivity index (χ3n) is 2.76. The highest BCUT2D eigenvalue weighted by atomic mass is 35.5. The van der Waals surface area contributed by atoms with Crippen molar-refractivity contribution >= 4 is 40.6 Å². The summed E-state index contributed by atoms with van der Waals surface area (Å²) in [5.41, 5.74) is 0.712. The first-order chi connectivity index (χ1) is 10.0. The Morgan fingerprint density at radius 1 is 1.29 bits per heavy atom. The highest BCUT2D eigenvalue weighted by molar-refractivity contribution is 7.98. The van der Waals surface area contributed by atoms with Crippen molar-refractivity contribution in [1.82, 2.24) is 0 Å². The molecule has 0 spiro atoms. The second-order valence-electron chi connectivity index (χ2n) is 4.08. The zero-order valence-corrected chi connectivity index (χ0v) is 12.6. The zero-order chi connectivity index (χ0) is 15.4. The van der Waals surface area contributed by atoms with Crippen molar-refractivity contribution in [2.45, 2.75) is 4.90 Å². The van der Waals surface area contributed by atoms with Gasteiger partial charge in [0.1, 0.15) is 0 Å². The molecule has 108 valence electrons. The summed E-state index contributed by atoms with van der Waals surface area (Å²) in [4.78, 5) is 23.2. The second-order valence-corrected chi connectivity index (χ2v) is 5.33. The molecular weight excluding hydrogens is 312 g/mol. The van der Waals surface area contributed by atoms with Crippen molar-refractivity contribution in [2.75, 3.05) is 11.6 Å². The SMILES string of the molecule is CSc1ccccc1NC(=O)c1ccc([N+](=O)[O-])cc1Cl. The van der Waals surface area contributed by atoms with Crippen LogP contribution in [0.1, 0.15) is 10.4 Å². The molecule has 0 saturated carbocycles. The van der Waals surface area contributed by atoms with E-state index in [-0.39, 0.29) is 16.3 Å². The summed E-state index contributed by atoms with van der Waals surface area (Å²) in [5, 5.41) is 13.5. The lowest BCUT2D eigenvalue weighted by molar-refractivity contribution is -0.384. The Morgan fingerprint density at radius 3 is 2.62 bits per heavy atom. The number of amides is 1. The molecule has 0 atom stereocenters. The molecule has 0 radical (unpaired) electrons. The summed E-state index contributed by atoms with van der Waals surface area (Å²) < 4.78 is 0. The van der Waals surface area contributed by atoms with E-state index in [1.54, 1.807) is 6.07 Å². The number of non-ortho nitro benzene ring substituents is 1. The maximum atomic E-state index is 12.2. The van der Waals surface area contributed by atoms with Crippen molar-refractivity contribution in [1.29, 1.82) is 0 Å². The number of para-hydroxylation sites is 1. The van der Waals surface area contributed by atoms with Gasteiger partial charge in [-0.2, -0.15) is 0 Å². The molecule has 0 aliphatic carbocycles. The number of anilines is 1. The molecule has 0 aromatic heterocycles. The summed E-state index contributed by atoms with van der Waals surface area (Å²) in [6, 6.07) is 11.1. The van der Waals surface area contributed by atoms with Crippen LogP contribution >= 0.6 is 23.4 Å². The zero-order valence-electron chi connectivity index (χ0n) is 11.0. The van der Waals surface area contributed by atoms with Gasteiger partial charge in [-0.15, -0.1) is 11.8 Å². The monoisotopic (exact) mass is 322 g/mol. The van der Waals surface area contributed by atoms with Crippen LogP contribution < -0.4 is 5.32 Å². The lowest BCUT2D eigenvalue weighted by atomic mass is 10.2. The number of hydrogen-bond donors (Lipinski definition) is 1. The van der Waals surface area contributed by atoms with Gasteiger partial charge in [-0.05, 0) is 24.5 Å². The van der Waals surface area contributed by atoms with Crippen molar-refractivity contribution in [3.05, 3.63) is 63.2 Å². The normalized spacial score (nSPS) is 10.2. The van der Waals surface area contributed by atoms with Crippen molar-refractivity contribution in [3.8, 4) is 0 Å². The fraction of sp³-hybridized carbons (Fsp3) is 0.0714. The summed E-state index contributed by atoms with van der Waals surface area (Å²) in [6.07, 6.45) is 1.91. The molecular formula is C14H11ClN2O3S. The van der Waals surface area contributed by atoms with Crippen LogP contribution in [0, 0.1) is 10.1 Å². The largest absolute Gasteiger partial charge is 0.321 e. The standard InChI is InChI=1S/C14H11ClN2O3S/c1-21-13-5-3-2-4-12(13)16-14(18)10-7-6-9(17(19)20)8-11(10)15/h2-8H,1H3,(H,16,18). The van der Waals surface area contributed by atoms with Gasteiger partial charge in [-0.1, -0.05) is 23.7 Å². The Bertz CT molecular complexity index is 706. The number of carbonyl (C=O) groups is 1. The minimum Gasteiger partial charge on any atom is -0.321 e. The number of nitro benzene ring substituents is 1. The van der Waals surface area contributed by atoms with Gasteiger partial charge in [-0.3, -0.25) is 14.9 Å². The Kier molecular flexibility index (Phi) is 4.82. The molecule has 2 aromatic carbocycles. The third kappa shape index (κ3) is 3.53. The number of halogens is 1. The lowest BCUT2D eigenvalue weighted by Gasteiger charge is -2.10. The van der Waals surface area contributed by atoms with Crippen LogP contribution in [0.25, 0.3) is 0 Å². The number of nitrogens with zero attached hydrogens (tertiary/aromatic N) is 1. The number of nitrogens with one attached hydrogen (secondary N) is 1. The topological polar surface area (TPSA) is 72.2 Å². The Labute approximate surface area is 130 Å². The highest BCUT2D eigenvalue weighted by Gasteiger charge is 2.15. The molecule has 0 heterocycles. The smallest absolute Gasteiger partial charge is 0.270 e. The van der Waals surface area contributed by atoms with Crippen LogP contribution in [0.5, 0.6) is 0 Å². The maximum absolute atomic E-state index is 12.2. The molecule has 1 amide bonds. The van der Waals surface area contributed by atoms with E-state index in [0.29, 0.717) is 5.69 Å². The molecule has 0 aliphatic heterocycles. The lowest BCUT2D eigenvalue weighted by Crippen LogP contribution is -2.13. The highest BCUT2D eigenvalue weighted by Crippen LogP contribution is 2.27. The summed E-state index contributed by atoms with van der Waals surface area (Å²) >= 11 is 7.44. The van der Waals surface area contributed by atoms with Crippen LogP contribution in [-0.2, 0) is 0 Å². The predicted octanol–water partition coefficient (Wildman–Crippen LogP) is 4.22. The molecule has 2 rings (SSSR count). The minimum absolute atomic E-state index is 0.0448. The first kappa shape index (κ1) is 15.3. The van der Waals surface area contributed by atoms with Crippen LogP contribution in [0.3, 0.4) is 0 Å². The van der Waals surface area contributed by atoms with Gasteiger partial charge in [0.2, 0.25) is 0 Å². The van der Waals surface area contributed by atoms with Gasteiger partial charge >= 0.3 is 0 Å². The van der Waals surface area contributed by atoms with Gasteiger partial charge in [0, 0.05) is 17.0 Å². The van der Waals surface area contributed by atoms with E-state index in [2.05, 4.69) is 5.32 Å². The maximum Gasteiger partial charge on any atom is 0.270 e. The van der Waals surface area contributed by atoms with E-state index in [4.69, 9.17) is 11.6 Å². The van der Waals surface area contributed by atoms with Crippen molar-refractivity contribution in [3.63, 3.8) is 0 Å². The number of nitro groups is 1. The molecule has 5 nitrogen and oxygen atoms in total. The molecule has 21 heavy (non-hydrogen) atoms. The average Bonchev–Trinajstić information content (AvgIpc) is 2.47. The molecule has 0 saturated heterocycles. The fourth-order valence-corrected chi connectivity index (χ4v) is 2.55. The van der Waals surface area contributed by atoms with Crippen molar-refractivity contribution in [2.24, 2.45) is 0 Å². The number of carbonyl (C=O) groups excluding carboxylic acids is 1. The fourth-order valence-electron chi connectivity index (χ4n) is 1.74. The van der Waals surface area contributed by atoms with Crippen molar-refractivity contribution < 1.29 is 9.72 Å². The van der Waals surface area contributed by atoms with E-state index in [1.165, 1.54) is 23.9 Å². The van der Waals surface area contributed by atoms with Gasteiger partial charge in [0.25, 0.3) is 11.6 Å². The first-order valence-corrected chi connectivity index (χ1v) is 7.51. The summed E-state index contributed by atoms with van der Waals surface area (Å²) in [5.74, 6) is -0.406. The van der Waals surface area contributed by atoms with E-state index in [1.807, 2.05) is 24.5 Å². The van der Waals surface area contributed by atoms with E-state index in [0.717, 1.165) is 11.0 Å². The van der Waals surface area contributed by atoms with Crippen LogP contribution in [0.2, 0.25) is 5.02 Å². The van der Waals surface area contributed by atoms with Gasteiger partial charge < -0.3 is 5.32 Å². The van der Waals surface area contributed by atoms with Crippen LogP contribution in [0.15, 0.2) is 47.4 Å². The molecule has 0 fully saturated rings. The Morgan fingerprint density at radius 2 is 2.00 bits per heavy atom. The second kappa shape index (κ2) is 6.60. The molecule has 1 N–H and O–H groups in total. The van der Waals surface area contributed by atoms with Gasteiger partial charge in [0.05, 0.1) is 21.2 Å². The Hall–Kier alpha value is -2.05. The first-order valence-electron chi connectivity index (χ1n) is 5.91. The van der Waals surface area contributed by atoms with Gasteiger partial charge in [-0.25, -0.2) is 0 Å². The third-order valence-corrected chi connectivity index (χ3v) is 3.87. The Balaban J connectivity index is 2.26. The quantitative estimate of drug-likeness (QED) is 0.519. The van der Waals surface area contributed by atoms with Crippen LogP contribution in [0.4, 0.5) is 11.4 Å². The van der Waals surface area contributed by atoms with E-state index < -0.39 is 10.8 Å².